The van der Waals surface area contributed by atoms with Gasteiger partial charge in [-0.05, 0) is 20.8 Å². The lowest BCUT2D eigenvalue weighted by Gasteiger charge is -2.29. The van der Waals surface area contributed by atoms with E-state index in [-0.39, 0.29) is 5.54 Å². The Hall–Kier alpha value is -2.14. The Kier molecular flexibility index (Phi) is 4.48. The van der Waals surface area contributed by atoms with Crippen LogP contribution in [0.5, 0.6) is 0 Å². The fraction of sp³-hybridized carbons (Fsp3) is 0.444. The van der Waals surface area contributed by atoms with Crippen molar-refractivity contribution in [2.75, 3.05) is 36.5 Å². The van der Waals surface area contributed by atoms with Crippen molar-refractivity contribution in [2.24, 2.45) is 0 Å². The van der Waals surface area contributed by atoms with Crippen LogP contribution < -0.4 is 10.2 Å². The standard InChI is InChI=1S/C18H24N4O/c1-18(2,3)21-15-13-16(22-9-11-23-12-10-22)20-17(19-15)14-7-5-4-6-8-14/h4-8,13H,9-12H2,1-3H3,(H,19,20,21). The van der Waals surface area contributed by atoms with Gasteiger partial charge in [0.05, 0.1) is 13.2 Å². The number of benzene rings is 1. The van der Waals surface area contributed by atoms with Crippen molar-refractivity contribution in [3.8, 4) is 11.4 Å². The summed E-state index contributed by atoms with van der Waals surface area (Å²) in [5.74, 6) is 2.56. The molecule has 0 saturated carbocycles. The number of nitrogens with zero attached hydrogens (tertiary/aromatic N) is 3. The van der Waals surface area contributed by atoms with Gasteiger partial charge in [-0.15, -0.1) is 0 Å². The monoisotopic (exact) mass is 312 g/mol. The Morgan fingerprint density at radius 1 is 1.04 bits per heavy atom. The van der Waals surface area contributed by atoms with Crippen molar-refractivity contribution in [1.82, 2.24) is 9.97 Å². The molecule has 0 unspecified atom stereocenters. The maximum Gasteiger partial charge on any atom is 0.163 e. The van der Waals surface area contributed by atoms with E-state index in [0.717, 1.165) is 49.3 Å². The third kappa shape index (κ3) is 4.20. The molecule has 0 bridgehead atoms. The van der Waals surface area contributed by atoms with Gasteiger partial charge in [-0.25, -0.2) is 9.97 Å². The normalized spacial score (nSPS) is 15.5. The van der Waals surface area contributed by atoms with E-state index >= 15 is 0 Å². The quantitative estimate of drug-likeness (QED) is 0.943. The van der Waals surface area contributed by atoms with E-state index in [2.05, 4.69) is 31.0 Å². The van der Waals surface area contributed by atoms with Crippen LogP contribution >= 0.6 is 0 Å². The molecule has 1 aromatic carbocycles. The Morgan fingerprint density at radius 3 is 2.39 bits per heavy atom. The molecule has 5 nitrogen and oxygen atoms in total. The second-order valence-electron chi connectivity index (χ2n) is 6.78. The second kappa shape index (κ2) is 6.54. The zero-order valence-corrected chi connectivity index (χ0v) is 14.0. The summed E-state index contributed by atoms with van der Waals surface area (Å²) in [6.07, 6.45) is 0. The summed E-state index contributed by atoms with van der Waals surface area (Å²) in [6, 6.07) is 12.1. The minimum Gasteiger partial charge on any atom is -0.378 e. The summed E-state index contributed by atoms with van der Waals surface area (Å²) in [5.41, 5.74) is 0.976. The van der Waals surface area contributed by atoms with E-state index in [1.54, 1.807) is 0 Å². The third-order valence-corrected chi connectivity index (χ3v) is 3.58. The van der Waals surface area contributed by atoms with Gasteiger partial charge in [0.2, 0.25) is 0 Å². The van der Waals surface area contributed by atoms with Crippen LogP contribution in [0, 0.1) is 0 Å². The highest BCUT2D eigenvalue weighted by atomic mass is 16.5. The van der Waals surface area contributed by atoms with Crippen LogP contribution in [0.3, 0.4) is 0 Å². The highest BCUT2D eigenvalue weighted by Gasteiger charge is 2.17. The molecule has 1 fully saturated rings. The van der Waals surface area contributed by atoms with Crippen molar-refractivity contribution in [3.05, 3.63) is 36.4 Å². The lowest BCUT2D eigenvalue weighted by molar-refractivity contribution is 0.122. The molecule has 0 spiro atoms. The van der Waals surface area contributed by atoms with Crippen molar-refractivity contribution in [2.45, 2.75) is 26.3 Å². The van der Waals surface area contributed by atoms with Gasteiger partial charge >= 0.3 is 0 Å². The van der Waals surface area contributed by atoms with E-state index in [4.69, 9.17) is 14.7 Å². The van der Waals surface area contributed by atoms with Crippen LogP contribution in [0.4, 0.5) is 11.6 Å². The Balaban J connectivity index is 1.99. The number of anilines is 2. The summed E-state index contributed by atoms with van der Waals surface area (Å²) in [5, 5.41) is 3.46. The molecule has 1 N–H and O–H groups in total. The van der Waals surface area contributed by atoms with Gasteiger partial charge < -0.3 is 15.0 Å². The molecule has 0 radical (unpaired) electrons. The van der Waals surface area contributed by atoms with E-state index < -0.39 is 0 Å². The predicted octanol–water partition coefficient (Wildman–Crippen LogP) is 3.19. The van der Waals surface area contributed by atoms with Gasteiger partial charge in [0.25, 0.3) is 0 Å². The summed E-state index contributed by atoms with van der Waals surface area (Å²) >= 11 is 0. The van der Waals surface area contributed by atoms with Crippen molar-refractivity contribution in [1.29, 1.82) is 0 Å². The predicted molar refractivity (Wildman–Crippen MR) is 93.9 cm³/mol. The number of morpholine rings is 1. The second-order valence-corrected chi connectivity index (χ2v) is 6.78. The van der Waals surface area contributed by atoms with Crippen LogP contribution in [0.15, 0.2) is 36.4 Å². The summed E-state index contributed by atoms with van der Waals surface area (Å²) in [7, 11) is 0. The molecule has 0 aliphatic carbocycles. The molecular weight excluding hydrogens is 288 g/mol. The van der Waals surface area contributed by atoms with Crippen molar-refractivity contribution >= 4 is 11.6 Å². The summed E-state index contributed by atoms with van der Waals surface area (Å²) in [4.78, 5) is 11.7. The van der Waals surface area contributed by atoms with E-state index in [0.29, 0.717) is 0 Å². The molecule has 122 valence electrons. The van der Waals surface area contributed by atoms with Crippen molar-refractivity contribution in [3.63, 3.8) is 0 Å². The largest absolute Gasteiger partial charge is 0.378 e. The molecule has 1 aliphatic heterocycles. The number of ether oxygens (including phenoxy) is 1. The molecule has 0 atom stereocenters. The molecule has 1 aliphatic rings. The number of rotatable bonds is 3. The molecule has 0 amide bonds. The minimum absolute atomic E-state index is 0.0510. The number of nitrogens with one attached hydrogen (secondary N) is 1. The molecule has 2 heterocycles. The fourth-order valence-corrected chi connectivity index (χ4v) is 2.55. The topological polar surface area (TPSA) is 50.3 Å². The van der Waals surface area contributed by atoms with Crippen molar-refractivity contribution < 1.29 is 4.74 Å². The first-order chi connectivity index (χ1) is 11.0. The van der Waals surface area contributed by atoms with Gasteiger partial charge in [0.1, 0.15) is 11.6 Å². The molecule has 1 aromatic heterocycles. The van der Waals surface area contributed by atoms with E-state index in [9.17, 15) is 0 Å². The Labute approximate surface area is 137 Å². The number of aromatic nitrogens is 2. The molecule has 3 rings (SSSR count). The molecular formula is C18H24N4O. The van der Waals surface area contributed by atoms with E-state index in [1.165, 1.54) is 0 Å². The molecule has 1 saturated heterocycles. The van der Waals surface area contributed by atoms with Crippen LogP contribution in [0.1, 0.15) is 20.8 Å². The average molecular weight is 312 g/mol. The first-order valence-corrected chi connectivity index (χ1v) is 8.07. The van der Waals surface area contributed by atoms with Gasteiger partial charge in [0, 0.05) is 30.3 Å². The van der Waals surface area contributed by atoms with Gasteiger partial charge in [-0.3, -0.25) is 0 Å². The van der Waals surface area contributed by atoms with Gasteiger partial charge in [-0.1, -0.05) is 30.3 Å². The smallest absolute Gasteiger partial charge is 0.163 e. The number of hydrogen-bond acceptors (Lipinski definition) is 5. The molecule has 2 aromatic rings. The van der Waals surface area contributed by atoms with E-state index in [1.807, 2.05) is 36.4 Å². The SMILES string of the molecule is CC(C)(C)Nc1cc(N2CCOCC2)nc(-c2ccccc2)n1. The summed E-state index contributed by atoms with van der Waals surface area (Å²) < 4.78 is 5.45. The van der Waals surface area contributed by atoms with Crippen LogP contribution in [-0.4, -0.2) is 41.8 Å². The maximum absolute atomic E-state index is 5.45. The first-order valence-electron chi connectivity index (χ1n) is 8.07. The zero-order valence-electron chi connectivity index (χ0n) is 14.0. The zero-order chi connectivity index (χ0) is 16.3. The average Bonchev–Trinajstić information content (AvgIpc) is 2.55. The minimum atomic E-state index is -0.0510. The van der Waals surface area contributed by atoms with Gasteiger partial charge in [-0.2, -0.15) is 0 Å². The van der Waals surface area contributed by atoms with Gasteiger partial charge in [0.15, 0.2) is 5.82 Å². The maximum atomic E-state index is 5.45. The summed E-state index contributed by atoms with van der Waals surface area (Å²) in [6.45, 7) is 9.60. The number of hydrogen-bond donors (Lipinski definition) is 1. The molecule has 23 heavy (non-hydrogen) atoms. The van der Waals surface area contributed by atoms with Crippen LogP contribution in [0.2, 0.25) is 0 Å². The highest BCUT2D eigenvalue weighted by molar-refractivity contribution is 5.62. The van der Waals surface area contributed by atoms with Crippen LogP contribution in [0.25, 0.3) is 11.4 Å². The third-order valence-electron chi connectivity index (χ3n) is 3.58. The fourth-order valence-electron chi connectivity index (χ4n) is 2.55. The van der Waals surface area contributed by atoms with Crippen LogP contribution in [-0.2, 0) is 4.74 Å². The lowest BCUT2D eigenvalue weighted by atomic mass is 10.1. The lowest BCUT2D eigenvalue weighted by Crippen LogP contribution is -2.37. The Bertz CT molecular complexity index is 646. The first kappa shape index (κ1) is 15.7. The molecule has 5 heteroatoms. The highest BCUT2D eigenvalue weighted by Crippen LogP contribution is 2.24. The Morgan fingerprint density at radius 2 is 1.74 bits per heavy atom.